The second-order valence-electron chi connectivity index (χ2n) is 3.93. The van der Waals surface area contributed by atoms with Crippen molar-refractivity contribution >= 4 is 10.8 Å². The molecule has 1 N–H and O–H groups in total. The van der Waals surface area contributed by atoms with Gasteiger partial charge in [0, 0.05) is 28.9 Å². The minimum atomic E-state index is -0.683. The molecule has 0 amide bonds. The molecular formula is C11H25NOS. The van der Waals surface area contributed by atoms with Gasteiger partial charge in [-0.1, -0.05) is 32.6 Å². The highest BCUT2D eigenvalue weighted by Gasteiger charge is 2.03. The van der Waals surface area contributed by atoms with E-state index in [4.69, 9.17) is 0 Å². The van der Waals surface area contributed by atoms with Crippen molar-refractivity contribution in [2.75, 3.05) is 19.3 Å². The van der Waals surface area contributed by atoms with Crippen LogP contribution in [0.25, 0.3) is 0 Å². The zero-order valence-electron chi connectivity index (χ0n) is 9.84. The van der Waals surface area contributed by atoms with Gasteiger partial charge >= 0.3 is 0 Å². The Kier molecular flexibility index (Phi) is 9.73. The number of unbranched alkanes of at least 4 members (excludes halogenated alkanes) is 4. The van der Waals surface area contributed by atoms with Gasteiger partial charge in [-0.25, -0.2) is 0 Å². The van der Waals surface area contributed by atoms with E-state index in [9.17, 15) is 4.21 Å². The van der Waals surface area contributed by atoms with E-state index in [1.807, 2.05) is 6.92 Å². The molecular weight excluding hydrogens is 194 g/mol. The molecule has 0 aliphatic carbocycles. The SMILES string of the molecule is CCCCCCCNCC(C)S(C)=O. The third-order valence-electron chi connectivity index (χ3n) is 2.46. The molecule has 0 saturated carbocycles. The lowest BCUT2D eigenvalue weighted by atomic mass is 10.1. The number of hydrogen-bond donors (Lipinski definition) is 1. The Hall–Kier alpha value is 0.110. The van der Waals surface area contributed by atoms with Crippen LogP contribution in [0.5, 0.6) is 0 Å². The van der Waals surface area contributed by atoms with Gasteiger partial charge in [0.05, 0.1) is 0 Å². The van der Waals surface area contributed by atoms with Crippen LogP contribution in [0.3, 0.4) is 0 Å². The summed E-state index contributed by atoms with van der Waals surface area (Å²) >= 11 is 0. The Morgan fingerprint density at radius 3 is 2.43 bits per heavy atom. The standard InChI is InChI=1S/C11H25NOS/c1-4-5-6-7-8-9-12-10-11(2)14(3)13/h11-12H,4-10H2,1-3H3. The van der Waals surface area contributed by atoms with Crippen molar-refractivity contribution in [1.82, 2.24) is 5.32 Å². The van der Waals surface area contributed by atoms with Crippen LogP contribution in [-0.4, -0.2) is 28.8 Å². The van der Waals surface area contributed by atoms with Gasteiger partial charge < -0.3 is 5.32 Å². The van der Waals surface area contributed by atoms with Crippen molar-refractivity contribution in [3.8, 4) is 0 Å². The van der Waals surface area contributed by atoms with Gasteiger partial charge in [0.15, 0.2) is 0 Å². The van der Waals surface area contributed by atoms with E-state index < -0.39 is 10.8 Å². The van der Waals surface area contributed by atoms with E-state index in [0.717, 1.165) is 13.1 Å². The zero-order chi connectivity index (χ0) is 10.8. The first-order chi connectivity index (χ1) is 6.68. The molecule has 0 bridgehead atoms. The van der Waals surface area contributed by atoms with Crippen molar-refractivity contribution < 1.29 is 4.21 Å². The van der Waals surface area contributed by atoms with Crippen LogP contribution in [-0.2, 0) is 10.8 Å². The molecule has 0 fully saturated rings. The van der Waals surface area contributed by atoms with Gasteiger partial charge in [0.2, 0.25) is 0 Å². The molecule has 2 unspecified atom stereocenters. The summed E-state index contributed by atoms with van der Waals surface area (Å²) in [5.74, 6) is 0. The molecule has 0 saturated heterocycles. The van der Waals surface area contributed by atoms with Crippen LogP contribution in [0.4, 0.5) is 0 Å². The molecule has 14 heavy (non-hydrogen) atoms. The summed E-state index contributed by atoms with van der Waals surface area (Å²) in [7, 11) is -0.683. The number of rotatable bonds is 9. The molecule has 3 heteroatoms. The maximum absolute atomic E-state index is 11.0. The van der Waals surface area contributed by atoms with E-state index >= 15 is 0 Å². The molecule has 0 aromatic carbocycles. The summed E-state index contributed by atoms with van der Waals surface area (Å²) in [5, 5.41) is 3.63. The van der Waals surface area contributed by atoms with Gasteiger partial charge in [0.25, 0.3) is 0 Å². The summed E-state index contributed by atoms with van der Waals surface area (Å²) < 4.78 is 11.0. The third-order valence-corrected chi connectivity index (χ3v) is 3.76. The Bertz CT molecular complexity index is 150. The van der Waals surface area contributed by atoms with Crippen LogP contribution in [0, 0.1) is 0 Å². The molecule has 0 spiro atoms. The first-order valence-electron chi connectivity index (χ1n) is 5.71. The summed E-state index contributed by atoms with van der Waals surface area (Å²) in [4.78, 5) is 0. The van der Waals surface area contributed by atoms with E-state index in [-0.39, 0.29) is 5.25 Å². The van der Waals surface area contributed by atoms with Gasteiger partial charge in [-0.2, -0.15) is 0 Å². The molecule has 2 atom stereocenters. The Morgan fingerprint density at radius 2 is 1.86 bits per heavy atom. The van der Waals surface area contributed by atoms with Crippen molar-refractivity contribution in [2.24, 2.45) is 0 Å². The van der Waals surface area contributed by atoms with Crippen LogP contribution in [0.1, 0.15) is 46.0 Å². The highest BCUT2D eigenvalue weighted by Crippen LogP contribution is 2.01. The first kappa shape index (κ1) is 14.1. The smallest absolute Gasteiger partial charge is 0.0441 e. The average Bonchev–Trinajstić information content (AvgIpc) is 2.16. The molecule has 0 aromatic rings. The molecule has 0 aromatic heterocycles. The molecule has 2 nitrogen and oxygen atoms in total. The van der Waals surface area contributed by atoms with Crippen molar-refractivity contribution in [3.05, 3.63) is 0 Å². The van der Waals surface area contributed by atoms with Crippen molar-refractivity contribution in [1.29, 1.82) is 0 Å². The minimum Gasteiger partial charge on any atom is -0.316 e. The largest absolute Gasteiger partial charge is 0.316 e. The van der Waals surface area contributed by atoms with Gasteiger partial charge in [-0.3, -0.25) is 4.21 Å². The molecule has 0 rings (SSSR count). The van der Waals surface area contributed by atoms with Crippen molar-refractivity contribution in [2.45, 2.75) is 51.2 Å². The fourth-order valence-corrected chi connectivity index (χ4v) is 1.63. The van der Waals surface area contributed by atoms with Crippen LogP contribution >= 0.6 is 0 Å². The third kappa shape index (κ3) is 8.70. The second kappa shape index (κ2) is 9.66. The summed E-state index contributed by atoms with van der Waals surface area (Å²) in [6.45, 7) is 6.22. The lowest BCUT2D eigenvalue weighted by Crippen LogP contribution is -2.28. The molecule has 0 radical (unpaired) electrons. The maximum Gasteiger partial charge on any atom is 0.0441 e. The van der Waals surface area contributed by atoms with E-state index in [0.29, 0.717) is 0 Å². The predicted molar refractivity (Wildman–Crippen MR) is 65.2 cm³/mol. The van der Waals surface area contributed by atoms with Gasteiger partial charge in [-0.15, -0.1) is 0 Å². The van der Waals surface area contributed by atoms with Crippen LogP contribution < -0.4 is 5.32 Å². The fourth-order valence-electron chi connectivity index (χ4n) is 1.28. The lowest BCUT2D eigenvalue weighted by molar-refractivity contribution is 0.580. The second-order valence-corrected chi connectivity index (χ2v) is 5.73. The summed E-state index contributed by atoms with van der Waals surface area (Å²) in [6.07, 6.45) is 8.36. The van der Waals surface area contributed by atoms with Crippen LogP contribution in [0.2, 0.25) is 0 Å². The van der Waals surface area contributed by atoms with E-state index in [2.05, 4.69) is 12.2 Å². The maximum atomic E-state index is 11.0. The quantitative estimate of drug-likeness (QED) is 0.603. The average molecular weight is 219 g/mol. The van der Waals surface area contributed by atoms with Gasteiger partial charge in [0.1, 0.15) is 0 Å². The van der Waals surface area contributed by atoms with Crippen LogP contribution in [0.15, 0.2) is 0 Å². The minimum absolute atomic E-state index is 0.283. The lowest BCUT2D eigenvalue weighted by Gasteiger charge is -2.09. The fraction of sp³-hybridized carbons (Fsp3) is 1.00. The molecule has 0 aliphatic rings. The summed E-state index contributed by atoms with van der Waals surface area (Å²) in [5.41, 5.74) is 0. The molecule has 0 aliphatic heterocycles. The number of hydrogen-bond acceptors (Lipinski definition) is 2. The summed E-state index contributed by atoms with van der Waals surface area (Å²) in [6, 6.07) is 0. The van der Waals surface area contributed by atoms with E-state index in [1.54, 1.807) is 6.26 Å². The normalized spacial score (nSPS) is 15.4. The monoisotopic (exact) mass is 219 g/mol. The van der Waals surface area contributed by atoms with Crippen molar-refractivity contribution in [3.63, 3.8) is 0 Å². The molecule has 0 heterocycles. The Labute approximate surface area is 91.3 Å². The highest BCUT2D eigenvalue weighted by molar-refractivity contribution is 7.84. The zero-order valence-corrected chi connectivity index (χ0v) is 10.7. The Balaban J connectivity index is 3.09. The molecule has 86 valence electrons. The van der Waals surface area contributed by atoms with Gasteiger partial charge in [-0.05, 0) is 19.9 Å². The highest BCUT2D eigenvalue weighted by atomic mass is 32.2. The predicted octanol–water partition coefficient (Wildman–Crippen LogP) is 2.31. The van der Waals surface area contributed by atoms with E-state index in [1.165, 1.54) is 32.1 Å². The first-order valence-corrected chi connectivity index (χ1v) is 7.33. The topological polar surface area (TPSA) is 29.1 Å². The number of nitrogens with one attached hydrogen (secondary N) is 1. The Morgan fingerprint density at radius 1 is 1.21 bits per heavy atom.